The minimum Gasteiger partial charge on any atom is -0.497 e. The number of para-hydroxylation sites is 1. The highest BCUT2D eigenvalue weighted by Gasteiger charge is 2.37. The quantitative estimate of drug-likeness (QED) is 0.374. The van der Waals surface area contributed by atoms with Gasteiger partial charge in [-0.2, -0.15) is 26.3 Å². The van der Waals surface area contributed by atoms with E-state index in [2.05, 4.69) is 10.3 Å². The number of hydrogen-bond acceptors (Lipinski definition) is 4. The molecule has 3 nitrogen and oxygen atoms in total. The van der Waals surface area contributed by atoms with Gasteiger partial charge in [-0.15, -0.1) is 0 Å². The maximum atomic E-state index is 13.2. The number of rotatable bonds is 3. The maximum absolute atomic E-state index is 13.2. The lowest BCUT2D eigenvalue weighted by Gasteiger charge is -2.20. The first kappa shape index (κ1) is 23.7. The number of hydrogen-bond donors (Lipinski definition) is 1. The predicted octanol–water partition coefficient (Wildman–Crippen LogP) is 8.08. The molecule has 1 aliphatic heterocycles. The van der Waals surface area contributed by atoms with E-state index in [1.54, 1.807) is 31.4 Å². The number of amidine groups is 1. The Morgan fingerprint density at radius 1 is 0.853 bits per heavy atom. The molecule has 0 atom stereocenters. The third kappa shape index (κ3) is 5.39. The van der Waals surface area contributed by atoms with E-state index in [4.69, 9.17) is 4.74 Å². The van der Waals surface area contributed by atoms with Crippen molar-refractivity contribution in [2.24, 2.45) is 4.99 Å². The number of anilines is 1. The Kier molecular flexibility index (Phi) is 6.35. The van der Waals surface area contributed by atoms with Crippen LogP contribution in [0.1, 0.15) is 22.3 Å². The van der Waals surface area contributed by atoms with Gasteiger partial charge in [-0.3, -0.25) is 0 Å². The van der Waals surface area contributed by atoms with Crippen LogP contribution in [-0.4, -0.2) is 12.3 Å². The lowest BCUT2D eigenvalue weighted by atomic mass is 10.1. The number of alkyl halides is 6. The molecule has 0 saturated carbocycles. The Morgan fingerprint density at radius 3 is 2.06 bits per heavy atom. The summed E-state index contributed by atoms with van der Waals surface area (Å²) in [6.07, 6.45) is -8.02. The Labute approximate surface area is 195 Å². The predicted molar refractivity (Wildman–Crippen MR) is 122 cm³/mol. The van der Waals surface area contributed by atoms with Crippen LogP contribution in [0.15, 0.2) is 71.7 Å². The molecule has 0 unspecified atom stereocenters. The zero-order chi connectivity index (χ0) is 24.5. The molecule has 176 valence electrons. The van der Waals surface area contributed by atoms with Crippen LogP contribution in [0.2, 0.25) is 0 Å². The minimum atomic E-state index is -4.94. The van der Waals surface area contributed by atoms with Crippen molar-refractivity contribution in [1.82, 2.24) is 0 Å². The van der Waals surface area contributed by atoms with Crippen molar-refractivity contribution in [2.45, 2.75) is 12.4 Å². The van der Waals surface area contributed by atoms with Gasteiger partial charge in [0.25, 0.3) is 0 Å². The van der Waals surface area contributed by atoms with E-state index in [9.17, 15) is 26.3 Å². The van der Waals surface area contributed by atoms with Crippen LogP contribution in [0.25, 0.3) is 11.0 Å². The average Bonchev–Trinajstić information content (AvgIpc) is 2.78. The first-order valence-electron chi connectivity index (χ1n) is 9.81. The first-order valence-corrected chi connectivity index (χ1v) is 10.6. The van der Waals surface area contributed by atoms with Gasteiger partial charge in [-0.1, -0.05) is 42.1 Å². The molecule has 3 aromatic rings. The molecule has 1 aliphatic rings. The van der Waals surface area contributed by atoms with Crippen LogP contribution in [-0.2, 0) is 12.4 Å². The second-order valence-corrected chi connectivity index (χ2v) is 8.27. The molecule has 0 spiro atoms. The van der Waals surface area contributed by atoms with Crippen molar-refractivity contribution in [3.63, 3.8) is 0 Å². The molecule has 0 aliphatic carbocycles. The fraction of sp³-hybridized carbons (Fsp3) is 0.125. The number of benzene rings is 3. The van der Waals surface area contributed by atoms with Gasteiger partial charge in [0, 0.05) is 16.2 Å². The van der Waals surface area contributed by atoms with Crippen molar-refractivity contribution in [3.8, 4) is 5.75 Å². The number of aliphatic imine (C=N–C) groups is 1. The Morgan fingerprint density at radius 2 is 1.47 bits per heavy atom. The Balaban J connectivity index is 1.72. The molecule has 0 radical (unpaired) electrons. The summed E-state index contributed by atoms with van der Waals surface area (Å²) >= 11 is 1.11. The summed E-state index contributed by atoms with van der Waals surface area (Å²) in [7, 11) is 1.55. The molecule has 3 aromatic carbocycles. The number of ether oxygens (including phenoxy) is 1. The van der Waals surface area contributed by atoms with Gasteiger partial charge in [-0.05, 0) is 48.0 Å². The van der Waals surface area contributed by atoms with Gasteiger partial charge in [-0.25, -0.2) is 4.99 Å². The highest BCUT2D eigenvalue weighted by molar-refractivity contribution is 8.22. The highest BCUT2D eigenvalue weighted by Crippen LogP contribution is 2.43. The van der Waals surface area contributed by atoms with Crippen LogP contribution in [0, 0.1) is 0 Å². The molecule has 0 bridgehead atoms. The molecule has 1 heterocycles. The summed E-state index contributed by atoms with van der Waals surface area (Å²) in [5.74, 6) is 0.674. The molecule has 0 saturated heterocycles. The molecule has 0 amide bonds. The number of halogens is 6. The first-order chi connectivity index (χ1) is 16.0. The SMILES string of the molecule is COc1ccc(/C=C2\SC(Nc3cc(C(F)(F)F)cc(C(F)(F)F)c3)=Nc3ccccc32)cc1. The van der Waals surface area contributed by atoms with Crippen molar-refractivity contribution in [2.75, 3.05) is 12.4 Å². The monoisotopic (exact) mass is 494 g/mol. The molecular formula is C24H16F6N2OS. The Hall–Kier alpha value is -3.40. The number of methoxy groups -OCH3 is 1. The average molecular weight is 494 g/mol. The summed E-state index contributed by atoms with van der Waals surface area (Å²) in [6, 6.07) is 15.7. The van der Waals surface area contributed by atoms with Crippen molar-refractivity contribution >= 4 is 39.3 Å². The summed E-state index contributed by atoms with van der Waals surface area (Å²) in [4.78, 5) is 5.11. The van der Waals surface area contributed by atoms with Gasteiger partial charge in [0.2, 0.25) is 0 Å². The lowest BCUT2D eigenvalue weighted by molar-refractivity contribution is -0.143. The maximum Gasteiger partial charge on any atom is 0.416 e. The highest BCUT2D eigenvalue weighted by atomic mass is 32.2. The lowest BCUT2D eigenvalue weighted by Crippen LogP contribution is -2.15. The smallest absolute Gasteiger partial charge is 0.416 e. The van der Waals surface area contributed by atoms with Gasteiger partial charge < -0.3 is 10.1 Å². The van der Waals surface area contributed by atoms with Gasteiger partial charge in [0.15, 0.2) is 5.17 Å². The van der Waals surface area contributed by atoms with Crippen molar-refractivity contribution in [3.05, 3.63) is 89.0 Å². The summed E-state index contributed by atoms with van der Waals surface area (Å²) < 4.78 is 84.5. The number of thioether (sulfide) groups is 1. The Bertz CT molecular complexity index is 1230. The molecule has 0 aromatic heterocycles. The summed E-state index contributed by atoms with van der Waals surface area (Å²) in [6.45, 7) is 0. The van der Waals surface area contributed by atoms with Crippen LogP contribution in [0.3, 0.4) is 0 Å². The van der Waals surface area contributed by atoms with Crippen LogP contribution in [0.4, 0.5) is 37.7 Å². The van der Waals surface area contributed by atoms with E-state index >= 15 is 0 Å². The van der Waals surface area contributed by atoms with E-state index in [1.165, 1.54) is 0 Å². The van der Waals surface area contributed by atoms with Gasteiger partial charge >= 0.3 is 12.4 Å². The fourth-order valence-electron chi connectivity index (χ4n) is 3.23. The summed E-state index contributed by atoms with van der Waals surface area (Å²) in [5.41, 5.74) is -1.02. The van der Waals surface area contributed by atoms with Crippen LogP contribution >= 0.6 is 11.8 Å². The molecule has 34 heavy (non-hydrogen) atoms. The van der Waals surface area contributed by atoms with Crippen LogP contribution in [0.5, 0.6) is 5.75 Å². The topological polar surface area (TPSA) is 33.6 Å². The molecular weight excluding hydrogens is 478 g/mol. The third-order valence-corrected chi connectivity index (χ3v) is 5.80. The van der Waals surface area contributed by atoms with E-state index in [1.807, 2.05) is 30.3 Å². The summed E-state index contributed by atoms with van der Waals surface area (Å²) in [5, 5.41) is 2.78. The number of fused-ring (bicyclic) bond motifs is 1. The second-order valence-electron chi connectivity index (χ2n) is 7.24. The second kappa shape index (κ2) is 9.09. The third-order valence-electron chi connectivity index (χ3n) is 4.85. The minimum absolute atomic E-state index is 0.0886. The fourth-order valence-corrected chi connectivity index (χ4v) is 4.23. The molecule has 1 N–H and O–H groups in total. The van der Waals surface area contributed by atoms with Gasteiger partial charge in [0.1, 0.15) is 5.75 Å². The van der Waals surface area contributed by atoms with Crippen molar-refractivity contribution in [1.29, 1.82) is 0 Å². The number of nitrogens with one attached hydrogen (secondary N) is 1. The largest absolute Gasteiger partial charge is 0.497 e. The van der Waals surface area contributed by atoms with E-state index in [0.29, 0.717) is 23.6 Å². The van der Waals surface area contributed by atoms with E-state index in [0.717, 1.165) is 27.8 Å². The van der Waals surface area contributed by atoms with E-state index in [-0.39, 0.29) is 16.9 Å². The molecule has 4 rings (SSSR count). The molecule has 10 heteroatoms. The van der Waals surface area contributed by atoms with E-state index < -0.39 is 23.5 Å². The zero-order valence-electron chi connectivity index (χ0n) is 17.5. The normalized spacial score (nSPS) is 15.0. The number of nitrogens with zero attached hydrogens (tertiary/aromatic N) is 1. The standard InChI is InChI=1S/C24H16F6N2OS/c1-33-18-8-6-14(7-9-18)10-21-19-4-2-3-5-20(19)32-22(34-21)31-17-12-15(23(25,26)27)11-16(13-17)24(28,29)30/h2-13H,1H3,(H,31,32)/b21-10-. The van der Waals surface area contributed by atoms with Gasteiger partial charge in [0.05, 0.1) is 23.9 Å². The van der Waals surface area contributed by atoms with Crippen molar-refractivity contribution < 1.29 is 31.1 Å². The van der Waals surface area contributed by atoms with Crippen LogP contribution < -0.4 is 10.1 Å². The zero-order valence-corrected chi connectivity index (χ0v) is 18.3. The molecule has 0 fully saturated rings.